The van der Waals surface area contributed by atoms with Crippen molar-refractivity contribution < 1.29 is 19.1 Å². The van der Waals surface area contributed by atoms with E-state index in [4.69, 9.17) is 21.1 Å². The molecule has 0 fully saturated rings. The number of carbonyl (C=O) groups excluding carboxylic acids is 2. The van der Waals surface area contributed by atoms with Crippen molar-refractivity contribution in [1.29, 1.82) is 0 Å². The molecule has 0 unspecified atom stereocenters. The molecule has 0 radical (unpaired) electrons. The van der Waals surface area contributed by atoms with Gasteiger partial charge in [0.25, 0.3) is 0 Å². The van der Waals surface area contributed by atoms with Gasteiger partial charge in [0.1, 0.15) is 0 Å². The Labute approximate surface area is 188 Å². The zero-order chi connectivity index (χ0) is 22.8. The number of rotatable bonds is 10. The fraction of sp³-hybridized carbons (Fsp3) is 0.304. The number of anilines is 1. The van der Waals surface area contributed by atoms with Crippen molar-refractivity contribution in [2.24, 2.45) is 0 Å². The standard InChI is InChI=1S/C23H28ClN3O4/c1-5-31-23-19(24)12-16(13-20(23)30-4)9-10-21(28)25-14-17-7-6-8-18(11-17)26-22(29)15-27(2)3/h6-13H,5,14-15H2,1-4H3,(H,25,28)(H,26,29)/b10-9+. The molecule has 0 atom stereocenters. The van der Waals surface area contributed by atoms with Crippen LogP contribution >= 0.6 is 11.6 Å². The van der Waals surface area contributed by atoms with Crippen molar-refractivity contribution >= 4 is 35.2 Å². The lowest BCUT2D eigenvalue weighted by Gasteiger charge is -2.12. The third-order valence-corrected chi connectivity index (χ3v) is 4.39. The Kier molecular flexibility index (Phi) is 9.37. The molecular formula is C23H28ClN3O4. The maximum absolute atomic E-state index is 12.2. The Bertz CT molecular complexity index is 944. The maximum atomic E-state index is 12.2. The zero-order valence-electron chi connectivity index (χ0n) is 18.2. The van der Waals surface area contributed by atoms with E-state index in [1.807, 2.05) is 45.3 Å². The number of likely N-dealkylation sites (N-methyl/N-ethyl adjacent to an activating group) is 1. The third kappa shape index (κ3) is 7.96. The van der Waals surface area contributed by atoms with Gasteiger partial charge >= 0.3 is 0 Å². The Morgan fingerprint density at radius 1 is 1.19 bits per heavy atom. The summed E-state index contributed by atoms with van der Waals surface area (Å²) in [5.41, 5.74) is 2.27. The summed E-state index contributed by atoms with van der Waals surface area (Å²) in [6.07, 6.45) is 3.07. The summed E-state index contributed by atoms with van der Waals surface area (Å²) in [6, 6.07) is 10.8. The SMILES string of the molecule is CCOc1c(Cl)cc(/C=C/C(=O)NCc2cccc(NC(=O)CN(C)C)c2)cc1OC. The maximum Gasteiger partial charge on any atom is 0.244 e. The van der Waals surface area contributed by atoms with Crippen LogP contribution in [0.25, 0.3) is 6.08 Å². The first-order chi connectivity index (χ1) is 14.8. The summed E-state index contributed by atoms with van der Waals surface area (Å²) in [6.45, 7) is 2.95. The van der Waals surface area contributed by atoms with E-state index < -0.39 is 0 Å². The van der Waals surface area contributed by atoms with E-state index in [-0.39, 0.29) is 11.8 Å². The molecule has 0 saturated heterocycles. The molecule has 2 aromatic rings. The number of nitrogens with one attached hydrogen (secondary N) is 2. The van der Waals surface area contributed by atoms with Gasteiger partial charge in [0.05, 0.1) is 25.3 Å². The molecular weight excluding hydrogens is 418 g/mol. The zero-order valence-corrected chi connectivity index (χ0v) is 19.0. The summed E-state index contributed by atoms with van der Waals surface area (Å²) in [4.78, 5) is 25.9. The lowest BCUT2D eigenvalue weighted by atomic mass is 10.1. The normalized spacial score (nSPS) is 10.9. The van der Waals surface area contributed by atoms with Gasteiger partial charge < -0.3 is 25.0 Å². The summed E-state index contributed by atoms with van der Waals surface area (Å²) in [7, 11) is 5.19. The molecule has 0 saturated carbocycles. The van der Waals surface area contributed by atoms with E-state index in [1.54, 1.807) is 23.1 Å². The summed E-state index contributed by atoms with van der Waals surface area (Å²) < 4.78 is 10.8. The van der Waals surface area contributed by atoms with Crippen molar-refractivity contribution in [3.8, 4) is 11.5 Å². The van der Waals surface area contributed by atoms with Crippen molar-refractivity contribution in [2.75, 3.05) is 39.7 Å². The van der Waals surface area contributed by atoms with E-state index in [0.29, 0.717) is 47.5 Å². The van der Waals surface area contributed by atoms with Crippen LogP contribution in [0.15, 0.2) is 42.5 Å². The number of nitrogens with zero attached hydrogens (tertiary/aromatic N) is 1. The van der Waals surface area contributed by atoms with E-state index in [1.165, 1.54) is 13.2 Å². The van der Waals surface area contributed by atoms with Gasteiger partial charge in [-0.25, -0.2) is 0 Å². The highest BCUT2D eigenvalue weighted by Gasteiger charge is 2.11. The number of amides is 2. The molecule has 0 aliphatic heterocycles. The number of ether oxygens (including phenoxy) is 2. The quantitative estimate of drug-likeness (QED) is 0.546. The molecule has 2 rings (SSSR count). The lowest BCUT2D eigenvalue weighted by Crippen LogP contribution is -2.27. The largest absolute Gasteiger partial charge is 0.493 e. The molecule has 2 aromatic carbocycles. The predicted molar refractivity (Wildman–Crippen MR) is 124 cm³/mol. The summed E-state index contributed by atoms with van der Waals surface area (Å²) >= 11 is 6.26. The summed E-state index contributed by atoms with van der Waals surface area (Å²) in [5.74, 6) is 0.623. The van der Waals surface area contributed by atoms with Crippen molar-refractivity contribution in [2.45, 2.75) is 13.5 Å². The van der Waals surface area contributed by atoms with Crippen LogP contribution in [-0.2, 0) is 16.1 Å². The highest BCUT2D eigenvalue weighted by molar-refractivity contribution is 6.32. The van der Waals surface area contributed by atoms with Crippen molar-refractivity contribution in [1.82, 2.24) is 10.2 Å². The van der Waals surface area contributed by atoms with Crippen LogP contribution in [0.4, 0.5) is 5.69 Å². The molecule has 7 nitrogen and oxygen atoms in total. The Morgan fingerprint density at radius 2 is 1.97 bits per heavy atom. The topological polar surface area (TPSA) is 79.9 Å². The van der Waals surface area contributed by atoms with Gasteiger partial charge in [-0.3, -0.25) is 9.59 Å². The lowest BCUT2D eigenvalue weighted by molar-refractivity contribution is -0.117. The highest BCUT2D eigenvalue weighted by Crippen LogP contribution is 2.36. The van der Waals surface area contributed by atoms with Gasteiger partial charge in [-0.1, -0.05) is 23.7 Å². The van der Waals surface area contributed by atoms with Gasteiger partial charge in [-0.2, -0.15) is 0 Å². The molecule has 8 heteroatoms. The van der Waals surface area contributed by atoms with Crippen LogP contribution in [0, 0.1) is 0 Å². The molecule has 0 aliphatic rings. The average molecular weight is 446 g/mol. The fourth-order valence-electron chi connectivity index (χ4n) is 2.79. The van der Waals surface area contributed by atoms with Crippen LogP contribution in [-0.4, -0.2) is 51.1 Å². The van der Waals surface area contributed by atoms with E-state index in [9.17, 15) is 9.59 Å². The smallest absolute Gasteiger partial charge is 0.244 e. The molecule has 0 heterocycles. The first kappa shape index (κ1) is 24.2. The summed E-state index contributed by atoms with van der Waals surface area (Å²) in [5, 5.41) is 6.07. The van der Waals surface area contributed by atoms with Crippen molar-refractivity contribution in [3.63, 3.8) is 0 Å². The van der Waals surface area contributed by atoms with Gasteiger partial charge in [0.2, 0.25) is 11.8 Å². The van der Waals surface area contributed by atoms with Crippen LogP contribution in [0.3, 0.4) is 0 Å². The molecule has 2 N–H and O–H groups in total. The van der Waals surface area contributed by atoms with Gasteiger partial charge in [0, 0.05) is 18.3 Å². The predicted octanol–water partition coefficient (Wildman–Crippen LogP) is 3.58. The average Bonchev–Trinajstić information content (AvgIpc) is 2.72. The minimum Gasteiger partial charge on any atom is -0.493 e. The van der Waals surface area contributed by atoms with Gasteiger partial charge in [0.15, 0.2) is 11.5 Å². The first-order valence-corrected chi connectivity index (χ1v) is 10.2. The second-order valence-corrected chi connectivity index (χ2v) is 7.41. The Hall–Kier alpha value is -3.03. The minimum atomic E-state index is -0.258. The van der Waals surface area contributed by atoms with E-state index in [2.05, 4.69) is 10.6 Å². The second-order valence-electron chi connectivity index (χ2n) is 7.00. The minimum absolute atomic E-state index is 0.0986. The molecule has 0 aromatic heterocycles. The second kappa shape index (κ2) is 12.0. The molecule has 0 aliphatic carbocycles. The molecule has 31 heavy (non-hydrogen) atoms. The number of hydrogen-bond acceptors (Lipinski definition) is 5. The van der Waals surface area contributed by atoms with Gasteiger partial charge in [-0.05, 0) is 62.5 Å². The number of methoxy groups -OCH3 is 1. The number of benzene rings is 2. The number of hydrogen-bond donors (Lipinski definition) is 2. The van der Waals surface area contributed by atoms with Gasteiger partial charge in [-0.15, -0.1) is 0 Å². The molecule has 166 valence electrons. The Balaban J connectivity index is 1.96. The van der Waals surface area contributed by atoms with E-state index in [0.717, 1.165) is 5.56 Å². The molecule has 0 spiro atoms. The van der Waals surface area contributed by atoms with Crippen molar-refractivity contribution in [3.05, 3.63) is 58.6 Å². The van der Waals surface area contributed by atoms with Crippen LogP contribution in [0.1, 0.15) is 18.1 Å². The van der Waals surface area contributed by atoms with Crippen LogP contribution < -0.4 is 20.1 Å². The molecule has 0 bridgehead atoms. The highest BCUT2D eigenvalue weighted by atomic mass is 35.5. The van der Waals surface area contributed by atoms with Crippen LogP contribution in [0.2, 0.25) is 5.02 Å². The number of carbonyl (C=O) groups is 2. The third-order valence-electron chi connectivity index (χ3n) is 4.10. The van der Waals surface area contributed by atoms with E-state index >= 15 is 0 Å². The Morgan fingerprint density at radius 3 is 2.65 bits per heavy atom. The first-order valence-electron chi connectivity index (χ1n) is 9.82. The molecule has 2 amide bonds. The monoisotopic (exact) mass is 445 g/mol. The number of halogens is 1. The fourth-order valence-corrected chi connectivity index (χ4v) is 3.06. The van der Waals surface area contributed by atoms with Crippen LogP contribution in [0.5, 0.6) is 11.5 Å².